The molecule has 0 radical (unpaired) electrons. The number of aromatic nitrogens is 2. The summed E-state index contributed by atoms with van der Waals surface area (Å²) < 4.78 is 5.72. The Hall–Kier alpha value is -2.22. The third-order valence-electron chi connectivity index (χ3n) is 3.73. The van der Waals surface area contributed by atoms with Crippen molar-refractivity contribution in [1.29, 1.82) is 0 Å². The second-order valence-electron chi connectivity index (χ2n) is 5.54. The van der Waals surface area contributed by atoms with Crippen molar-refractivity contribution in [2.24, 2.45) is 0 Å². The van der Waals surface area contributed by atoms with Gasteiger partial charge in [0, 0.05) is 0 Å². The number of carbonyl (C=O) groups is 1. The van der Waals surface area contributed by atoms with Crippen molar-refractivity contribution >= 4 is 34.5 Å². The predicted molar refractivity (Wildman–Crippen MR) is 98.7 cm³/mol. The molecule has 2 heterocycles. The number of para-hydroxylation sites is 1. The molecule has 6 nitrogen and oxygen atoms in total. The van der Waals surface area contributed by atoms with E-state index in [4.69, 9.17) is 16.0 Å². The number of likely N-dealkylation sites (N-methyl/N-ethyl adjacent to an activating group) is 1. The van der Waals surface area contributed by atoms with Gasteiger partial charge in [0.2, 0.25) is 11.8 Å². The van der Waals surface area contributed by atoms with Crippen LogP contribution in [0.5, 0.6) is 0 Å². The smallest absolute Gasteiger partial charge is 0.257 e. The summed E-state index contributed by atoms with van der Waals surface area (Å²) in [6, 6.07) is 10.8. The zero-order valence-electron chi connectivity index (χ0n) is 13.8. The van der Waals surface area contributed by atoms with Gasteiger partial charge in [0.05, 0.1) is 28.2 Å². The second kappa shape index (κ2) is 7.77. The molecule has 3 aromatic rings. The summed E-state index contributed by atoms with van der Waals surface area (Å²) in [4.78, 5) is 15.0. The van der Waals surface area contributed by atoms with Crippen LogP contribution in [0.25, 0.3) is 10.8 Å². The molecule has 25 heavy (non-hydrogen) atoms. The van der Waals surface area contributed by atoms with Crippen LogP contribution >= 0.6 is 22.9 Å². The number of benzene rings is 1. The van der Waals surface area contributed by atoms with Crippen molar-refractivity contribution in [1.82, 2.24) is 15.1 Å². The molecule has 0 bridgehead atoms. The van der Waals surface area contributed by atoms with Crippen molar-refractivity contribution in [3.63, 3.8) is 0 Å². The molecule has 1 aromatic carbocycles. The van der Waals surface area contributed by atoms with Gasteiger partial charge in [-0.15, -0.1) is 21.5 Å². The van der Waals surface area contributed by atoms with Gasteiger partial charge in [-0.1, -0.05) is 29.8 Å². The van der Waals surface area contributed by atoms with Gasteiger partial charge in [-0.2, -0.15) is 0 Å². The van der Waals surface area contributed by atoms with Gasteiger partial charge >= 0.3 is 0 Å². The van der Waals surface area contributed by atoms with Crippen LogP contribution < -0.4 is 5.32 Å². The topological polar surface area (TPSA) is 71.3 Å². The molecule has 0 unspecified atom stereocenters. The highest BCUT2D eigenvalue weighted by molar-refractivity contribution is 7.13. The van der Waals surface area contributed by atoms with E-state index in [1.807, 2.05) is 48.5 Å². The third-order valence-corrected chi connectivity index (χ3v) is 4.92. The first-order valence-electron chi connectivity index (χ1n) is 7.66. The number of amides is 1. The Morgan fingerprint density at radius 1 is 1.32 bits per heavy atom. The van der Waals surface area contributed by atoms with Crippen LogP contribution in [0, 0.1) is 0 Å². The van der Waals surface area contributed by atoms with E-state index in [9.17, 15) is 4.79 Å². The fourth-order valence-corrected chi connectivity index (χ4v) is 3.03. The lowest BCUT2D eigenvalue weighted by Crippen LogP contribution is -2.32. The maximum atomic E-state index is 12.2. The summed E-state index contributed by atoms with van der Waals surface area (Å²) in [5.74, 6) is 0.794. The molecule has 8 heteroatoms. The second-order valence-corrected chi connectivity index (χ2v) is 6.90. The van der Waals surface area contributed by atoms with E-state index in [2.05, 4.69) is 15.5 Å². The van der Waals surface area contributed by atoms with E-state index in [0.717, 1.165) is 4.88 Å². The lowest BCUT2D eigenvalue weighted by Gasteiger charge is -2.21. The van der Waals surface area contributed by atoms with Gasteiger partial charge in [0.15, 0.2) is 0 Å². The van der Waals surface area contributed by atoms with Crippen LogP contribution in [0.15, 0.2) is 46.2 Å². The zero-order chi connectivity index (χ0) is 17.8. The highest BCUT2D eigenvalue weighted by Gasteiger charge is 2.21. The monoisotopic (exact) mass is 376 g/mol. The van der Waals surface area contributed by atoms with Crippen molar-refractivity contribution in [2.75, 3.05) is 18.9 Å². The Labute approximate surface area is 154 Å². The van der Waals surface area contributed by atoms with E-state index in [1.54, 1.807) is 12.1 Å². The molecule has 0 spiro atoms. The molecule has 0 aliphatic carbocycles. The zero-order valence-corrected chi connectivity index (χ0v) is 15.3. The molecular weight excluding hydrogens is 360 g/mol. The average Bonchev–Trinajstić information content (AvgIpc) is 3.27. The molecule has 3 rings (SSSR count). The third kappa shape index (κ3) is 4.25. The fourth-order valence-electron chi connectivity index (χ4n) is 2.21. The van der Waals surface area contributed by atoms with Gasteiger partial charge in [-0.05, 0) is 37.6 Å². The minimum atomic E-state index is -0.196. The molecule has 130 valence electrons. The number of nitrogens with one attached hydrogen (secondary N) is 1. The normalized spacial score (nSPS) is 12.3. The van der Waals surface area contributed by atoms with Gasteiger partial charge < -0.3 is 9.73 Å². The first kappa shape index (κ1) is 17.6. The Morgan fingerprint density at radius 2 is 2.12 bits per heavy atom. The van der Waals surface area contributed by atoms with E-state index in [1.165, 1.54) is 11.3 Å². The maximum Gasteiger partial charge on any atom is 0.257 e. The van der Waals surface area contributed by atoms with Crippen molar-refractivity contribution in [3.05, 3.63) is 52.7 Å². The number of carbonyl (C=O) groups excluding carboxylic acids is 1. The highest BCUT2D eigenvalue weighted by Crippen LogP contribution is 2.26. The van der Waals surface area contributed by atoms with Crippen LogP contribution in [0.3, 0.4) is 0 Å². The van der Waals surface area contributed by atoms with Crippen LogP contribution in [-0.2, 0) is 4.79 Å². The molecule has 2 aromatic heterocycles. The molecule has 1 N–H and O–H groups in total. The SMILES string of the molecule is C[C@@H](c1nnc(-c2cccs2)o1)N(C)CC(=O)Nc1ccccc1Cl. The Kier molecular flexibility index (Phi) is 5.47. The largest absolute Gasteiger partial charge is 0.418 e. The quantitative estimate of drug-likeness (QED) is 0.701. The summed E-state index contributed by atoms with van der Waals surface area (Å²) in [7, 11) is 1.83. The number of rotatable bonds is 6. The number of hydrogen-bond acceptors (Lipinski definition) is 6. The number of hydrogen-bond donors (Lipinski definition) is 1. The first-order chi connectivity index (χ1) is 12.0. The van der Waals surface area contributed by atoms with Crippen molar-refractivity contribution < 1.29 is 9.21 Å². The molecule has 1 amide bonds. The maximum absolute atomic E-state index is 12.2. The van der Waals surface area contributed by atoms with E-state index < -0.39 is 0 Å². The van der Waals surface area contributed by atoms with Crippen LogP contribution in [-0.4, -0.2) is 34.6 Å². The predicted octanol–water partition coefficient (Wildman–Crippen LogP) is 4.08. The first-order valence-corrected chi connectivity index (χ1v) is 8.92. The summed E-state index contributed by atoms with van der Waals surface area (Å²) >= 11 is 7.59. The standard InChI is InChI=1S/C17H17ClN4O2S/c1-11(16-20-21-17(24-16)14-8-5-9-25-14)22(2)10-15(23)19-13-7-4-3-6-12(13)18/h3-9,11H,10H2,1-2H3,(H,19,23)/t11-/m0/s1. The molecule has 0 saturated carbocycles. The summed E-state index contributed by atoms with van der Waals surface area (Å²) in [6.45, 7) is 2.08. The molecular formula is C17H17ClN4O2S. The lowest BCUT2D eigenvalue weighted by atomic mass is 10.3. The Bertz CT molecular complexity index is 850. The summed E-state index contributed by atoms with van der Waals surface area (Å²) in [6.07, 6.45) is 0. The fraction of sp³-hybridized carbons (Fsp3) is 0.235. The number of anilines is 1. The number of nitrogens with zero attached hydrogens (tertiary/aromatic N) is 3. The van der Waals surface area contributed by atoms with E-state index in [-0.39, 0.29) is 18.5 Å². The highest BCUT2D eigenvalue weighted by atomic mass is 35.5. The van der Waals surface area contributed by atoms with Crippen LogP contribution in [0.2, 0.25) is 5.02 Å². The van der Waals surface area contributed by atoms with Gasteiger partial charge in [0.1, 0.15) is 0 Å². The van der Waals surface area contributed by atoms with Crippen LogP contribution in [0.1, 0.15) is 18.9 Å². The van der Waals surface area contributed by atoms with E-state index in [0.29, 0.717) is 22.5 Å². The van der Waals surface area contributed by atoms with E-state index >= 15 is 0 Å². The average molecular weight is 377 g/mol. The van der Waals surface area contributed by atoms with Crippen LogP contribution in [0.4, 0.5) is 5.69 Å². The lowest BCUT2D eigenvalue weighted by molar-refractivity contribution is -0.117. The minimum absolute atomic E-state index is 0.166. The molecule has 1 atom stereocenters. The Balaban J connectivity index is 1.61. The number of halogens is 1. The summed E-state index contributed by atoms with van der Waals surface area (Å²) in [5.41, 5.74) is 0.591. The Morgan fingerprint density at radius 3 is 2.84 bits per heavy atom. The number of thiophene rings is 1. The van der Waals surface area contributed by atoms with Crippen molar-refractivity contribution in [2.45, 2.75) is 13.0 Å². The minimum Gasteiger partial charge on any atom is -0.418 e. The van der Waals surface area contributed by atoms with Crippen molar-refractivity contribution in [3.8, 4) is 10.8 Å². The van der Waals surface area contributed by atoms with Gasteiger partial charge in [0.25, 0.3) is 5.89 Å². The molecule has 0 aliphatic rings. The molecule has 0 fully saturated rings. The van der Waals surface area contributed by atoms with Gasteiger partial charge in [-0.3, -0.25) is 9.69 Å². The van der Waals surface area contributed by atoms with Gasteiger partial charge in [-0.25, -0.2) is 0 Å². The molecule has 0 aliphatic heterocycles. The summed E-state index contributed by atoms with van der Waals surface area (Å²) in [5, 5.41) is 13.4. The molecule has 0 saturated heterocycles.